The first-order valence-electron chi connectivity index (χ1n) is 18.1. The molecule has 0 bridgehead atoms. The Morgan fingerprint density at radius 1 is 0.423 bits per heavy atom. The molecule has 1 aromatic heterocycles. The van der Waals surface area contributed by atoms with Gasteiger partial charge in [-0.1, -0.05) is 103 Å². The molecule has 0 fully saturated rings. The largest absolute Gasteiger partial charge is 0.344 e. The van der Waals surface area contributed by atoms with Gasteiger partial charge in [0.1, 0.15) is 0 Å². The number of fused-ring (bicyclic) bond motifs is 3. The highest BCUT2D eigenvalue weighted by atomic mass is 15.2. The average molecular weight is 670 g/mol. The molecule has 1 aliphatic carbocycles. The number of para-hydroxylation sites is 3. The Bertz CT molecular complexity index is 2510. The molecule has 0 amide bonds. The molecule has 1 heterocycles. The van der Waals surface area contributed by atoms with Gasteiger partial charge >= 0.3 is 0 Å². The Kier molecular flexibility index (Phi) is 8.22. The summed E-state index contributed by atoms with van der Waals surface area (Å²) in [5.41, 5.74) is 14.4. The van der Waals surface area contributed by atoms with Gasteiger partial charge in [-0.15, -0.1) is 0 Å². The van der Waals surface area contributed by atoms with Crippen molar-refractivity contribution in [3.05, 3.63) is 200 Å². The van der Waals surface area contributed by atoms with Crippen LogP contribution in [0.25, 0.3) is 44.1 Å². The molecule has 8 aromatic rings. The molecule has 3 nitrogen and oxygen atoms in total. The van der Waals surface area contributed by atoms with Gasteiger partial charge in [-0.3, -0.25) is 0 Å². The Labute approximate surface area is 305 Å². The van der Waals surface area contributed by atoms with E-state index in [0.29, 0.717) is 0 Å². The smallest absolute Gasteiger partial charge is 0.0489 e. The summed E-state index contributed by atoms with van der Waals surface area (Å²) in [4.78, 5) is 4.69. The fourth-order valence-electron chi connectivity index (χ4n) is 7.62. The van der Waals surface area contributed by atoms with Crippen LogP contribution in [0.2, 0.25) is 0 Å². The average Bonchev–Trinajstić information content (AvgIpc) is 3.50. The second kappa shape index (κ2) is 13.6. The minimum atomic E-state index is 1.02. The summed E-state index contributed by atoms with van der Waals surface area (Å²) < 4.78 is 2.31. The first-order valence-corrected chi connectivity index (χ1v) is 18.1. The molecule has 0 aliphatic heterocycles. The molecule has 1 aliphatic rings. The van der Waals surface area contributed by atoms with Gasteiger partial charge in [0, 0.05) is 63.0 Å². The van der Waals surface area contributed by atoms with E-state index in [1.54, 1.807) is 0 Å². The summed E-state index contributed by atoms with van der Waals surface area (Å²) in [7, 11) is 2.17. The molecule has 0 saturated carbocycles. The monoisotopic (exact) mass is 669 g/mol. The zero-order chi connectivity index (χ0) is 34.9. The maximum atomic E-state index is 2.39. The Balaban J connectivity index is 1.05. The third-order valence-electron chi connectivity index (χ3n) is 10.2. The molecule has 0 unspecified atom stereocenters. The van der Waals surface area contributed by atoms with Gasteiger partial charge < -0.3 is 14.4 Å². The first-order chi connectivity index (χ1) is 25.7. The van der Waals surface area contributed by atoms with E-state index in [4.69, 9.17) is 0 Å². The molecule has 0 N–H and O–H groups in total. The second-order valence-electron chi connectivity index (χ2n) is 13.4. The molecular formula is C49H39N3. The number of anilines is 5. The van der Waals surface area contributed by atoms with E-state index in [1.807, 2.05) is 0 Å². The standard InChI is InChI=1S/C49H39N3/c1-50-48-32-26-38(36-22-28-44(29-23-36)51(40-14-6-2-7-15-40)41-16-8-3-9-17-41)34-46(48)47-35-39(27-33-49(47)50)37-24-30-45(31-25-37)52(42-18-10-4-11-19-42)43-20-12-5-13-21-43/h2-12,14-20,22-35H,13,21H2,1H3. The van der Waals surface area contributed by atoms with Crippen LogP contribution in [-0.4, -0.2) is 4.57 Å². The predicted octanol–water partition coefficient (Wildman–Crippen LogP) is 13.5. The van der Waals surface area contributed by atoms with Crippen molar-refractivity contribution in [2.75, 3.05) is 9.80 Å². The normalized spacial score (nSPS) is 12.6. The van der Waals surface area contributed by atoms with E-state index in [-0.39, 0.29) is 0 Å². The van der Waals surface area contributed by atoms with E-state index in [1.165, 1.54) is 61.1 Å². The van der Waals surface area contributed by atoms with Crippen molar-refractivity contribution < 1.29 is 0 Å². The number of benzene rings is 7. The number of allylic oxidation sites excluding steroid dienone is 4. The summed E-state index contributed by atoms with van der Waals surface area (Å²) >= 11 is 0. The molecule has 3 heteroatoms. The predicted molar refractivity (Wildman–Crippen MR) is 221 cm³/mol. The SMILES string of the molecule is Cn1c2ccc(-c3ccc(N(C4=CC=CCC4)c4ccccc4)cc3)cc2c2cc(-c3ccc(N(c4ccccc4)c4ccccc4)cc3)ccc21. The van der Waals surface area contributed by atoms with Crippen molar-refractivity contribution in [2.24, 2.45) is 7.05 Å². The highest BCUT2D eigenvalue weighted by Gasteiger charge is 2.17. The molecule has 0 saturated heterocycles. The van der Waals surface area contributed by atoms with Gasteiger partial charge in [0.25, 0.3) is 0 Å². The highest BCUT2D eigenvalue weighted by molar-refractivity contribution is 6.10. The lowest BCUT2D eigenvalue weighted by atomic mass is 9.99. The van der Waals surface area contributed by atoms with Crippen LogP contribution in [0.3, 0.4) is 0 Å². The van der Waals surface area contributed by atoms with Crippen molar-refractivity contribution in [3.63, 3.8) is 0 Å². The lowest BCUT2D eigenvalue weighted by Gasteiger charge is -2.29. The van der Waals surface area contributed by atoms with Gasteiger partial charge in [0.15, 0.2) is 0 Å². The maximum Gasteiger partial charge on any atom is 0.0489 e. The highest BCUT2D eigenvalue weighted by Crippen LogP contribution is 2.39. The van der Waals surface area contributed by atoms with E-state index in [9.17, 15) is 0 Å². The summed E-state index contributed by atoms with van der Waals surface area (Å²) in [5, 5.41) is 2.53. The van der Waals surface area contributed by atoms with E-state index < -0.39 is 0 Å². The van der Waals surface area contributed by atoms with Crippen LogP contribution in [0, 0.1) is 0 Å². The van der Waals surface area contributed by atoms with Crippen molar-refractivity contribution in [1.29, 1.82) is 0 Å². The molecule has 250 valence electrons. The summed E-state index contributed by atoms with van der Waals surface area (Å²) in [6.07, 6.45) is 8.74. The van der Waals surface area contributed by atoms with Gasteiger partial charge in [0.2, 0.25) is 0 Å². The summed E-state index contributed by atoms with van der Waals surface area (Å²) in [5.74, 6) is 0. The van der Waals surface area contributed by atoms with Crippen LogP contribution in [0.5, 0.6) is 0 Å². The number of hydrogen-bond donors (Lipinski definition) is 0. The Hall–Kier alpha value is -6.58. The summed E-state index contributed by atoms with van der Waals surface area (Å²) in [6.45, 7) is 0. The second-order valence-corrected chi connectivity index (χ2v) is 13.4. The minimum Gasteiger partial charge on any atom is -0.344 e. The number of aromatic nitrogens is 1. The summed E-state index contributed by atoms with van der Waals surface area (Å²) in [6, 6.07) is 63.5. The van der Waals surface area contributed by atoms with Crippen LogP contribution in [-0.2, 0) is 7.05 Å². The number of nitrogens with zero attached hydrogens (tertiary/aromatic N) is 3. The van der Waals surface area contributed by atoms with E-state index in [2.05, 4.69) is 216 Å². The maximum absolute atomic E-state index is 2.39. The van der Waals surface area contributed by atoms with Gasteiger partial charge in [-0.25, -0.2) is 0 Å². The molecule has 7 aromatic carbocycles. The van der Waals surface area contributed by atoms with Crippen LogP contribution in [0.1, 0.15) is 12.8 Å². The number of hydrogen-bond acceptors (Lipinski definition) is 2. The van der Waals surface area contributed by atoms with Crippen LogP contribution in [0.4, 0.5) is 28.4 Å². The zero-order valence-corrected chi connectivity index (χ0v) is 29.2. The van der Waals surface area contributed by atoms with Crippen molar-refractivity contribution in [3.8, 4) is 22.3 Å². The Morgan fingerprint density at radius 2 is 0.827 bits per heavy atom. The van der Waals surface area contributed by atoms with Crippen molar-refractivity contribution >= 4 is 50.2 Å². The third-order valence-corrected chi connectivity index (χ3v) is 10.2. The van der Waals surface area contributed by atoms with Gasteiger partial charge in [-0.05, 0) is 126 Å². The van der Waals surface area contributed by atoms with E-state index in [0.717, 1.165) is 29.9 Å². The topological polar surface area (TPSA) is 11.4 Å². The lowest BCUT2D eigenvalue weighted by Crippen LogP contribution is -2.17. The Morgan fingerprint density at radius 3 is 1.27 bits per heavy atom. The van der Waals surface area contributed by atoms with Crippen molar-refractivity contribution in [1.82, 2.24) is 4.57 Å². The zero-order valence-electron chi connectivity index (χ0n) is 29.2. The third kappa shape index (κ3) is 5.87. The quantitative estimate of drug-likeness (QED) is 0.160. The first kappa shape index (κ1) is 31.4. The molecule has 52 heavy (non-hydrogen) atoms. The number of aryl methyl sites for hydroxylation is 1. The van der Waals surface area contributed by atoms with Crippen LogP contribution in [0.15, 0.2) is 200 Å². The number of rotatable bonds is 8. The molecule has 9 rings (SSSR count). The fourth-order valence-corrected chi connectivity index (χ4v) is 7.62. The molecule has 0 radical (unpaired) electrons. The molecule has 0 spiro atoms. The van der Waals surface area contributed by atoms with Crippen LogP contribution < -0.4 is 9.80 Å². The lowest BCUT2D eigenvalue weighted by molar-refractivity contribution is 0.918. The molecular weight excluding hydrogens is 631 g/mol. The fraction of sp³-hybridized carbons (Fsp3) is 0.0612. The van der Waals surface area contributed by atoms with Crippen molar-refractivity contribution in [2.45, 2.75) is 12.8 Å². The van der Waals surface area contributed by atoms with Gasteiger partial charge in [-0.2, -0.15) is 0 Å². The van der Waals surface area contributed by atoms with Crippen LogP contribution >= 0.6 is 0 Å². The van der Waals surface area contributed by atoms with E-state index >= 15 is 0 Å². The molecule has 0 atom stereocenters. The van der Waals surface area contributed by atoms with Gasteiger partial charge in [0.05, 0.1) is 0 Å². The minimum absolute atomic E-state index is 1.02.